The molecule has 5 rings (SSSR count). The SMILES string of the molecule is O=C(CC[C@@H]1C[C@@H](OCc2ccccc2)[C@H](OCc2ccccc2)[C@@H](COCc2ccccc2)O1)N1CCOCC1. The summed E-state index contributed by atoms with van der Waals surface area (Å²) in [7, 11) is 0. The zero-order valence-electron chi connectivity index (χ0n) is 23.6. The van der Waals surface area contributed by atoms with Gasteiger partial charge < -0.3 is 28.6 Å². The maximum absolute atomic E-state index is 12.9. The summed E-state index contributed by atoms with van der Waals surface area (Å²) in [5, 5.41) is 0. The predicted octanol–water partition coefficient (Wildman–Crippen LogP) is 5.17. The number of hydrogen-bond donors (Lipinski definition) is 0. The summed E-state index contributed by atoms with van der Waals surface area (Å²) in [5.41, 5.74) is 3.31. The number of hydrogen-bond acceptors (Lipinski definition) is 6. The fourth-order valence-corrected chi connectivity index (χ4v) is 5.38. The van der Waals surface area contributed by atoms with Crippen molar-refractivity contribution in [1.82, 2.24) is 4.90 Å². The van der Waals surface area contributed by atoms with Gasteiger partial charge in [-0.15, -0.1) is 0 Å². The lowest BCUT2D eigenvalue weighted by molar-refractivity contribution is -0.221. The number of carbonyl (C=O) groups is 1. The van der Waals surface area contributed by atoms with Gasteiger partial charge in [0.2, 0.25) is 5.91 Å². The van der Waals surface area contributed by atoms with Gasteiger partial charge in [0.05, 0.1) is 51.8 Å². The van der Waals surface area contributed by atoms with Crippen LogP contribution >= 0.6 is 0 Å². The summed E-state index contributed by atoms with van der Waals surface area (Å²) in [6.07, 6.45) is 0.716. The van der Waals surface area contributed by atoms with Gasteiger partial charge in [-0.2, -0.15) is 0 Å². The Kier molecular flexibility index (Phi) is 11.3. The fourth-order valence-electron chi connectivity index (χ4n) is 5.38. The molecular weight excluding hydrogens is 518 g/mol. The lowest BCUT2D eigenvalue weighted by atomic mass is 9.94. The second-order valence-corrected chi connectivity index (χ2v) is 10.7. The molecule has 2 fully saturated rings. The monoisotopic (exact) mass is 559 g/mol. The highest BCUT2D eigenvalue weighted by molar-refractivity contribution is 5.76. The molecule has 0 N–H and O–H groups in total. The summed E-state index contributed by atoms with van der Waals surface area (Å²) in [5.74, 6) is 0.151. The highest BCUT2D eigenvalue weighted by atomic mass is 16.6. The number of carbonyl (C=O) groups excluding carboxylic acids is 1. The third-order valence-corrected chi connectivity index (χ3v) is 7.63. The predicted molar refractivity (Wildman–Crippen MR) is 156 cm³/mol. The smallest absolute Gasteiger partial charge is 0.222 e. The van der Waals surface area contributed by atoms with Crippen molar-refractivity contribution in [3.05, 3.63) is 108 Å². The van der Waals surface area contributed by atoms with Crippen LogP contribution in [0.3, 0.4) is 0 Å². The van der Waals surface area contributed by atoms with E-state index < -0.39 is 0 Å². The Hall–Kier alpha value is -3.07. The standard InChI is InChI=1S/C34H41NO6/c36-33(35-18-20-37-21-19-35)17-16-30-22-31(39-24-28-12-6-2-7-13-28)34(40-25-29-14-8-3-9-15-29)32(41-30)26-38-23-27-10-4-1-5-11-27/h1-15,30-32,34H,16-26H2/t30-,31-,32-,34+/m1/s1. The van der Waals surface area contributed by atoms with Crippen molar-refractivity contribution in [2.45, 2.75) is 63.5 Å². The molecule has 0 spiro atoms. The molecule has 7 nitrogen and oxygen atoms in total. The van der Waals surface area contributed by atoms with E-state index in [0.29, 0.717) is 72.0 Å². The van der Waals surface area contributed by atoms with Crippen LogP contribution in [0.4, 0.5) is 0 Å². The zero-order chi connectivity index (χ0) is 28.1. The van der Waals surface area contributed by atoms with Crippen LogP contribution in [0.1, 0.15) is 36.0 Å². The van der Waals surface area contributed by atoms with Gasteiger partial charge in [0.1, 0.15) is 12.2 Å². The minimum atomic E-state index is -0.333. The van der Waals surface area contributed by atoms with Crippen LogP contribution in [0, 0.1) is 0 Å². The first-order valence-electron chi connectivity index (χ1n) is 14.7. The van der Waals surface area contributed by atoms with E-state index in [1.165, 1.54) is 0 Å². The zero-order valence-corrected chi connectivity index (χ0v) is 23.6. The normalized spacial score (nSPS) is 22.9. The van der Waals surface area contributed by atoms with Crippen molar-refractivity contribution < 1.29 is 28.5 Å². The van der Waals surface area contributed by atoms with Crippen molar-refractivity contribution in [3.8, 4) is 0 Å². The molecule has 0 unspecified atom stereocenters. The molecule has 0 saturated carbocycles. The molecule has 1 amide bonds. The third kappa shape index (κ3) is 9.21. The maximum atomic E-state index is 12.9. The lowest BCUT2D eigenvalue weighted by Gasteiger charge is -2.42. The van der Waals surface area contributed by atoms with Crippen molar-refractivity contribution in [3.63, 3.8) is 0 Å². The first-order valence-corrected chi connectivity index (χ1v) is 14.7. The average Bonchev–Trinajstić information content (AvgIpc) is 3.04. The van der Waals surface area contributed by atoms with Gasteiger partial charge in [0.15, 0.2) is 0 Å². The molecule has 0 aromatic heterocycles. The molecule has 2 aliphatic heterocycles. The molecule has 3 aromatic carbocycles. The number of rotatable bonds is 13. The largest absolute Gasteiger partial charge is 0.378 e. The Labute approximate surface area is 243 Å². The van der Waals surface area contributed by atoms with Gasteiger partial charge in [-0.25, -0.2) is 0 Å². The average molecular weight is 560 g/mol. The molecule has 0 bridgehead atoms. The van der Waals surface area contributed by atoms with Crippen molar-refractivity contribution in [1.29, 1.82) is 0 Å². The maximum Gasteiger partial charge on any atom is 0.222 e. The molecule has 218 valence electrons. The molecule has 3 aromatic rings. The van der Waals surface area contributed by atoms with E-state index >= 15 is 0 Å². The Morgan fingerprint density at radius 1 is 0.756 bits per heavy atom. The Bertz CT molecular complexity index is 1160. The summed E-state index contributed by atoms with van der Waals surface area (Å²) in [6, 6.07) is 30.5. The van der Waals surface area contributed by atoms with E-state index in [2.05, 4.69) is 36.4 Å². The number of ether oxygens (including phenoxy) is 5. The van der Waals surface area contributed by atoms with E-state index in [1.807, 2.05) is 59.5 Å². The van der Waals surface area contributed by atoms with Gasteiger partial charge in [-0.1, -0.05) is 91.0 Å². The molecule has 2 heterocycles. The molecule has 0 aliphatic carbocycles. The number of benzene rings is 3. The summed E-state index contributed by atoms with van der Waals surface area (Å²) >= 11 is 0. The lowest BCUT2D eigenvalue weighted by Crippen LogP contribution is -2.52. The second kappa shape index (κ2) is 15.8. The van der Waals surface area contributed by atoms with Crippen LogP contribution < -0.4 is 0 Å². The summed E-state index contributed by atoms with van der Waals surface area (Å²) in [4.78, 5) is 14.8. The van der Waals surface area contributed by atoms with Crippen LogP contribution in [-0.4, -0.2) is 68.1 Å². The Morgan fingerprint density at radius 3 is 1.93 bits per heavy atom. The van der Waals surface area contributed by atoms with Crippen LogP contribution in [0.25, 0.3) is 0 Å². The van der Waals surface area contributed by atoms with Gasteiger partial charge in [0, 0.05) is 25.9 Å². The quantitative estimate of drug-likeness (QED) is 0.288. The van der Waals surface area contributed by atoms with Crippen LogP contribution in [0.2, 0.25) is 0 Å². The highest BCUT2D eigenvalue weighted by Crippen LogP contribution is 2.30. The molecular formula is C34H41NO6. The Balaban J connectivity index is 1.28. The minimum absolute atomic E-state index is 0.136. The van der Waals surface area contributed by atoms with Crippen molar-refractivity contribution >= 4 is 5.91 Å². The molecule has 7 heteroatoms. The summed E-state index contributed by atoms with van der Waals surface area (Å²) in [6.45, 7) is 4.29. The van der Waals surface area contributed by atoms with E-state index in [1.54, 1.807) is 0 Å². The summed E-state index contributed by atoms with van der Waals surface area (Å²) < 4.78 is 31.3. The Morgan fingerprint density at radius 2 is 1.32 bits per heavy atom. The number of morpholine rings is 1. The second-order valence-electron chi connectivity index (χ2n) is 10.7. The van der Waals surface area contributed by atoms with Gasteiger partial charge in [0.25, 0.3) is 0 Å². The van der Waals surface area contributed by atoms with Crippen LogP contribution in [0.5, 0.6) is 0 Å². The van der Waals surface area contributed by atoms with Gasteiger partial charge in [-0.3, -0.25) is 4.79 Å². The van der Waals surface area contributed by atoms with E-state index in [9.17, 15) is 4.79 Å². The molecule has 4 atom stereocenters. The van der Waals surface area contributed by atoms with E-state index in [0.717, 1.165) is 16.7 Å². The first-order chi connectivity index (χ1) is 20.2. The topological polar surface area (TPSA) is 66.5 Å². The molecule has 41 heavy (non-hydrogen) atoms. The molecule has 2 saturated heterocycles. The van der Waals surface area contributed by atoms with Gasteiger partial charge >= 0.3 is 0 Å². The third-order valence-electron chi connectivity index (χ3n) is 7.63. The van der Waals surface area contributed by atoms with Gasteiger partial charge in [-0.05, 0) is 23.1 Å². The molecule has 2 aliphatic rings. The van der Waals surface area contributed by atoms with E-state index in [-0.39, 0.29) is 30.3 Å². The highest BCUT2D eigenvalue weighted by Gasteiger charge is 2.40. The van der Waals surface area contributed by atoms with Crippen LogP contribution in [0.15, 0.2) is 91.0 Å². The van der Waals surface area contributed by atoms with Crippen LogP contribution in [-0.2, 0) is 48.3 Å². The minimum Gasteiger partial charge on any atom is -0.378 e. The van der Waals surface area contributed by atoms with Crippen molar-refractivity contribution in [2.24, 2.45) is 0 Å². The number of nitrogens with zero attached hydrogens (tertiary/aromatic N) is 1. The fraction of sp³-hybridized carbons (Fsp3) is 0.441. The van der Waals surface area contributed by atoms with E-state index in [4.69, 9.17) is 23.7 Å². The molecule has 0 radical (unpaired) electrons. The number of amides is 1. The first kappa shape index (κ1) is 29.4. The van der Waals surface area contributed by atoms with Crippen molar-refractivity contribution in [2.75, 3.05) is 32.9 Å².